The van der Waals surface area contributed by atoms with Gasteiger partial charge in [-0.2, -0.15) is 0 Å². The Morgan fingerprint density at radius 1 is 1.41 bits per heavy atom. The highest BCUT2D eigenvalue weighted by molar-refractivity contribution is 7.11. The molecule has 3 heterocycles. The van der Waals surface area contributed by atoms with E-state index in [1.165, 1.54) is 9.88 Å². The summed E-state index contributed by atoms with van der Waals surface area (Å²) in [5, 5.41) is 1.24. The van der Waals surface area contributed by atoms with E-state index in [4.69, 9.17) is 4.74 Å². The molecule has 0 unspecified atom stereocenters. The first-order valence-electron chi connectivity index (χ1n) is 8.35. The van der Waals surface area contributed by atoms with Crippen LogP contribution in [0.1, 0.15) is 48.9 Å². The minimum atomic E-state index is 0.147. The number of nitrogens with zero attached hydrogens (tertiary/aromatic N) is 2. The quantitative estimate of drug-likeness (QED) is 0.858. The maximum absolute atomic E-state index is 12.5. The van der Waals surface area contributed by atoms with Crippen molar-refractivity contribution in [3.63, 3.8) is 0 Å². The number of ether oxygens (including phenoxy) is 1. The van der Waals surface area contributed by atoms with E-state index in [-0.39, 0.29) is 5.41 Å². The Hall–Kier alpha value is -0.940. The van der Waals surface area contributed by atoms with Gasteiger partial charge in [0.25, 0.3) is 0 Å². The van der Waals surface area contributed by atoms with Crippen LogP contribution in [0.25, 0.3) is 0 Å². The van der Waals surface area contributed by atoms with Crippen LogP contribution in [0.5, 0.6) is 0 Å². The molecule has 2 fully saturated rings. The van der Waals surface area contributed by atoms with Crippen molar-refractivity contribution >= 4 is 17.2 Å². The van der Waals surface area contributed by atoms with E-state index in [0.29, 0.717) is 18.2 Å². The largest absolute Gasteiger partial charge is 0.381 e. The predicted octanol–water partition coefficient (Wildman–Crippen LogP) is 3.15. The first-order valence-corrected chi connectivity index (χ1v) is 9.17. The van der Waals surface area contributed by atoms with E-state index in [9.17, 15) is 4.79 Å². The first-order chi connectivity index (χ1) is 10.6. The third kappa shape index (κ3) is 3.51. The highest BCUT2D eigenvalue weighted by Gasteiger charge is 2.35. The summed E-state index contributed by atoms with van der Waals surface area (Å²) in [6, 6.07) is 0. The highest BCUT2D eigenvalue weighted by Crippen LogP contribution is 2.37. The Labute approximate surface area is 136 Å². The molecule has 0 aliphatic carbocycles. The highest BCUT2D eigenvalue weighted by atomic mass is 32.1. The molecule has 4 nitrogen and oxygen atoms in total. The van der Waals surface area contributed by atoms with Gasteiger partial charge in [-0.25, -0.2) is 4.98 Å². The number of piperidine rings is 1. The molecular weight excluding hydrogens is 296 g/mol. The van der Waals surface area contributed by atoms with Crippen molar-refractivity contribution in [1.29, 1.82) is 0 Å². The normalized spacial score (nSPS) is 22.7. The second kappa shape index (κ2) is 6.67. The van der Waals surface area contributed by atoms with Crippen molar-refractivity contribution in [2.75, 3.05) is 26.3 Å². The van der Waals surface area contributed by atoms with E-state index < -0.39 is 0 Å². The zero-order valence-corrected chi connectivity index (χ0v) is 14.5. The van der Waals surface area contributed by atoms with Gasteiger partial charge in [-0.15, -0.1) is 11.3 Å². The van der Waals surface area contributed by atoms with Gasteiger partial charge in [0.15, 0.2) is 0 Å². The van der Waals surface area contributed by atoms with Crippen LogP contribution in [0.2, 0.25) is 0 Å². The van der Waals surface area contributed by atoms with Crippen LogP contribution >= 0.6 is 11.3 Å². The summed E-state index contributed by atoms with van der Waals surface area (Å²) in [4.78, 5) is 20.4. The minimum Gasteiger partial charge on any atom is -0.381 e. The van der Waals surface area contributed by atoms with Crippen molar-refractivity contribution in [3.05, 3.63) is 16.1 Å². The lowest BCUT2D eigenvalue weighted by atomic mass is 9.80. The molecule has 0 bridgehead atoms. The van der Waals surface area contributed by atoms with Gasteiger partial charge in [0.1, 0.15) is 0 Å². The van der Waals surface area contributed by atoms with E-state index in [1.54, 1.807) is 11.3 Å². The van der Waals surface area contributed by atoms with Gasteiger partial charge in [0, 0.05) is 49.2 Å². The number of rotatable bonds is 3. The number of likely N-dealkylation sites (tertiary alicyclic amines) is 1. The monoisotopic (exact) mass is 322 g/mol. The lowest BCUT2D eigenvalue weighted by Gasteiger charge is -2.38. The molecular formula is C17H26N2O2S. The summed E-state index contributed by atoms with van der Waals surface area (Å²) in [6.07, 6.45) is 6.80. The summed E-state index contributed by atoms with van der Waals surface area (Å²) in [5.41, 5.74) is 0.147. The molecule has 1 aromatic heterocycles. The van der Waals surface area contributed by atoms with Gasteiger partial charge in [0.2, 0.25) is 5.91 Å². The van der Waals surface area contributed by atoms with Crippen LogP contribution in [0.4, 0.5) is 0 Å². The van der Waals surface area contributed by atoms with Crippen LogP contribution in [0.15, 0.2) is 6.20 Å². The number of hydrogen-bond donors (Lipinski definition) is 0. The Balaban J connectivity index is 1.53. The molecule has 1 amide bonds. The molecule has 0 spiro atoms. The fourth-order valence-corrected chi connectivity index (χ4v) is 4.39. The van der Waals surface area contributed by atoms with Crippen molar-refractivity contribution in [2.45, 2.75) is 51.4 Å². The predicted molar refractivity (Wildman–Crippen MR) is 88.2 cm³/mol. The molecule has 5 heteroatoms. The number of aryl methyl sites for hydroxylation is 1. The van der Waals surface area contributed by atoms with Gasteiger partial charge in [-0.3, -0.25) is 4.79 Å². The van der Waals surface area contributed by atoms with Crippen LogP contribution in [-0.4, -0.2) is 42.1 Å². The van der Waals surface area contributed by atoms with Crippen molar-refractivity contribution in [1.82, 2.24) is 9.88 Å². The van der Waals surface area contributed by atoms with E-state index in [1.807, 2.05) is 6.20 Å². The molecule has 22 heavy (non-hydrogen) atoms. The van der Waals surface area contributed by atoms with Crippen molar-refractivity contribution < 1.29 is 9.53 Å². The third-order valence-electron chi connectivity index (χ3n) is 5.16. The van der Waals surface area contributed by atoms with Gasteiger partial charge in [0.05, 0.1) is 5.01 Å². The average molecular weight is 322 g/mol. The maximum atomic E-state index is 12.5. The zero-order chi connectivity index (χ0) is 15.6. The molecule has 2 saturated heterocycles. The molecule has 3 rings (SSSR count). The molecule has 0 aromatic carbocycles. The molecule has 0 saturated carbocycles. The SMILES string of the molecule is Cc1cnc(C2(C)CCN(C(=O)CC3CCOCC3)CC2)s1. The van der Waals surface area contributed by atoms with E-state index in [2.05, 4.69) is 23.7 Å². The lowest BCUT2D eigenvalue weighted by Crippen LogP contribution is -2.44. The van der Waals surface area contributed by atoms with Crippen molar-refractivity contribution in [2.24, 2.45) is 5.92 Å². The zero-order valence-electron chi connectivity index (χ0n) is 13.6. The number of aromatic nitrogens is 1. The second-order valence-electron chi connectivity index (χ2n) is 6.98. The van der Waals surface area contributed by atoms with E-state index in [0.717, 1.165) is 52.0 Å². The van der Waals surface area contributed by atoms with Gasteiger partial charge < -0.3 is 9.64 Å². The standard InChI is InChI=1S/C17H26N2O2S/c1-13-12-18-16(22-13)17(2)5-7-19(8-6-17)15(20)11-14-3-9-21-10-4-14/h12,14H,3-11H2,1-2H3. The van der Waals surface area contributed by atoms with Gasteiger partial charge >= 0.3 is 0 Å². The number of thiazole rings is 1. The van der Waals surface area contributed by atoms with Crippen LogP contribution in [0.3, 0.4) is 0 Å². The van der Waals surface area contributed by atoms with Crippen LogP contribution in [-0.2, 0) is 14.9 Å². The fraction of sp³-hybridized carbons (Fsp3) is 0.765. The van der Waals surface area contributed by atoms with Gasteiger partial charge in [-0.05, 0) is 38.5 Å². The minimum absolute atomic E-state index is 0.147. The molecule has 0 N–H and O–H groups in total. The second-order valence-corrected chi connectivity index (χ2v) is 8.21. The average Bonchev–Trinajstić information content (AvgIpc) is 2.96. The first kappa shape index (κ1) is 15.9. The summed E-state index contributed by atoms with van der Waals surface area (Å²) >= 11 is 1.80. The summed E-state index contributed by atoms with van der Waals surface area (Å²) in [7, 11) is 0. The van der Waals surface area contributed by atoms with Crippen molar-refractivity contribution in [3.8, 4) is 0 Å². The number of hydrogen-bond acceptors (Lipinski definition) is 4. The Morgan fingerprint density at radius 3 is 2.68 bits per heavy atom. The molecule has 1 aromatic rings. The van der Waals surface area contributed by atoms with Gasteiger partial charge in [-0.1, -0.05) is 6.92 Å². The summed E-state index contributed by atoms with van der Waals surface area (Å²) in [5.74, 6) is 0.862. The van der Waals surface area contributed by atoms with Crippen LogP contribution in [0, 0.1) is 12.8 Å². The molecule has 122 valence electrons. The van der Waals surface area contributed by atoms with E-state index >= 15 is 0 Å². The molecule has 2 aliphatic rings. The maximum Gasteiger partial charge on any atom is 0.222 e. The summed E-state index contributed by atoms with van der Waals surface area (Å²) in [6.45, 7) is 7.79. The topological polar surface area (TPSA) is 42.4 Å². The Morgan fingerprint density at radius 2 is 2.09 bits per heavy atom. The summed E-state index contributed by atoms with van der Waals surface area (Å²) < 4.78 is 5.37. The smallest absolute Gasteiger partial charge is 0.222 e. The Kier molecular flexibility index (Phi) is 4.83. The van der Waals surface area contributed by atoms with Crippen LogP contribution < -0.4 is 0 Å². The fourth-order valence-electron chi connectivity index (χ4n) is 3.42. The number of carbonyl (C=O) groups excluding carboxylic acids is 1. The molecule has 0 radical (unpaired) electrons. The molecule has 2 aliphatic heterocycles. The number of carbonyl (C=O) groups is 1. The third-order valence-corrected chi connectivity index (χ3v) is 6.38. The lowest BCUT2D eigenvalue weighted by molar-refractivity contribution is -0.134. The number of amides is 1. The molecule has 0 atom stereocenters. The Bertz CT molecular complexity index is 514.